The van der Waals surface area contributed by atoms with Crippen LogP contribution < -0.4 is 10.5 Å². The zero-order valence-electron chi connectivity index (χ0n) is 8.39. The second-order valence-electron chi connectivity index (χ2n) is 3.60. The third-order valence-corrected chi connectivity index (χ3v) is 2.97. The summed E-state index contributed by atoms with van der Waals surface area (Å²) in [7, 11) is 1.65. The predicted molar refractivity (Wildman–Crippen MR) is 59.7 cm³/mol. The molecule has 0 saturated heterocycles. The monoisotopic (exact) mass is 272 g/mol. The van der Waals surface area contributed by atoms with Gasteiger partial charge in [0.2, 0.25) is 0 Å². The fraction of sp³-hybridized carbons (Fsp3) is 0.500. The van der Waals surface area contributed by atoms with Gasteiger partial charge in [-0.3, -0.25) is 4.98 Å². The van der Waals surface area contributed by atoms with Gasteiger partial charge < -0.3 is 15.2 Å². The molecule has 1 aliphatic rings. The van der Waals surface area contributed by atoms with Crippen molar-refractivity contribution >= 4 is 15.9 Å². The Labute approximate surface area is 96.9 Å². The molecule has 1 fully saturated rings. The third kappa shape index (κ3) is 2.30. The Morgan fingerprint density at radius 3 is 2.93 bits per heavy atom. The van der Waals surface area contributed by atoms with Crippen LogP contribution in [0, 0.1) is 0 Å². The van der Waals surface area contributed by atoms with Crippen molar-refractivity contribution in [1.29, 1.82) is 0 Å². The number of methoxy groups -OCH3 is 1. The van der Waals surface area contributed by atoms with Crippen LogP contribution in [0.4, 0.5) is 0 Å². The number of ether oxygens (including phenoxy) is 2. The number of nitrogens with zero attached hydrogens (tertiary/aromatic N) is 1. The number of rotatable bonds is 3. The highest BCUT2D eigenvalue weighted by molar-refractivity contribution is 9.10. The highest BCUT2D eigenvalue weighted by atomic mass is 79.9. The van der Waals surface area contributed by atoms with Crippen LogP contribution in [0.25, 0.3) is 0 Å². The molecule has 1 aliphatic carbocycles. The summed E-state index contributed by atoms with van der Waals surface area (Å²) in [6, 6.07) is 1.96. The number of hydrogen-bond donors (Lipinski definition) is 1. The van der Waals surface area contributed by atoms with Crippen LogP contribution in [-0.4, -0.2) is 30.3 Å². The van der Waals surface area contributed by atoms with Crippen molar-refractivity contribution in [1.82, 2.24) is 4.98 Å². The van der Waals surface area contributed by atoms with Crippen molar-refractivity contribution in [2.24, 2.45) is 5.73 Å². The molecule has 1 aromatic rings. The van der Waals surface area contributed by atoms with Gasteiger partial charge in [-0.1, -0.05) is 0 Å². The smallest absolute Gasteiger partial charge is 0.139 e. The molecule has 4 nitrogen and oxygen atoms in total. The first-order valence-electron chi connectivity index (χ1n) is 4.76. The van der Waals surface area contributed by atoms with Crippen LogP contribution in [0.1, 0.15) is 6.42 Å². The minimum absolute atomic E-state index is 0.0102. The van der Waals surface area contributed by atoms with Crippen molar-refractivity contribution in [2.45, 2.75) is 24.7 Å². The van der Waals surface area contributed by atoms with E-state index in [4.69, 9.17) is 15.2 Å². The predicted octanol–water partition coefficient (Wildman–Crippen LogP) is 1.34. The topological polar surface area (TPSA) is 57.4 Å². The van der Waals surface area contributed by atoms with Crippen LogP contribution in [0.15, 0.2) is 22.9 Å². The Hall–Kier alpha value is -0.650. The average Bonchev–Trinajstić information content (AvgIpc) is 2.17. The van der Waals surface area contributed by atoms with E-state index in [2.05, 4.69) is 20.9 Å². The molecule has 1 aromatic heterocycles. The van der Waals surface area contributed by atoms with Gasteiger partial charge in [-0.2, -0.15) is 0 Å². The molecule has 3 unspecified atom stereocenters. The number of nitrogens with two attached hydrogens (primary N) is 1. The summed E-state index contributed by atoms with van der Waals surface area (Å²) in [5, 5.41) is 0. The molecule has 82 valence electrons. The number of hydrogen-bond acceptors (Lipinski definition) is 4. The molecule has 15 heavy (non-hydrogen) atoms. The molecule has 0 aliphatic heterocycles. The minimum Gasteiger partial charge on any atom is -0.486 e. The number of halogens is 1. The Morgan fingerprint density at radius 1 is 1.53 bits per heavy atom. The summed E-state index contributed by atoms with van der Waals surface area (Å²) >= 11 is 3.34. The van der Waals surface area contributed by atoms with Crippen molar-refractivity contribution in [3.63, 3.8) is 0 Å². The fourth-order valence-electron chi connectivity index (χ4n) is 1.69. The highest BCUT2D eigenvalue weighted by Gasteiger charge is 2.40. The SMILES string of the molecule is COC1C(N)CC1Oc1cncc(Br)c1. The van der Waals surface area contributed by atoms with Crippen molar-refractivity contribution in [3.05, 3.63) is 22.9 Å². The van der Waals surface area contributed by atoms with E-state index in [-0.39, 0.29) is 18.2 Å². The van der Waals surface area contributed by atoms with Crippen LogP contribution >= 0.6 is 15.9 Å². The standard InChI is InChI=1S/C10H13BrN2O2/c1-14-10-8(12)3-9(10)15-7-2-6(11)4-13-5-7/h2,4-5,8-10H,3,12H2,1H3. The summed E-state index contributed by atoms with van der Waals surface area (Å²) in [4.78, 5) is 4.02. The van der Waals surface area contributed by atoms with Crippen LogP contribution in [0.3, 0.4) is 0 Å². The molecule has 0 bridgehead atoms. The summed E-state index contributed by atoms with van der Waals surface area (Å²) in [5.74, 6) is 0.739. The minimum atomic E-state index is -0.0102. The van der Waals surface area contributed by atoms with Gasteiger partial charge in [-0.25, -0.2) is 0 Å². The zero-order valence-corrected chi connectivity index (χ0v) is 9.98. The highest BCUT2D eigenvalue weighted by Crippen LogP contribution is 2.27. The summed E-state index contributed by atoms with van der Waals surface area (Å²) in [6.45, 7) is 0. The molecular weight excluding hydrogens is 260 g/mol. The van der Waals surface area contributed by atoms with Gasteiger partial charge in [-0.15, -0.1) is 0 Å². The van der Waals surface area contributed by atoms with Crippen molar-refractivity contribution in [3.8, 4) is 5.75 Å². The molecule has 2 rings (SSSR count). The lowest BCUT2D eigenvalue weighted by Gasteiger charge is -2.40. The Kier molecular flexibility index (Phi) is 3.23. The van der Waals surface area contributed by atoms with Gasteiger partial charge in [0, 0.05) is 30.2 Å². The van der Waals surface area contributed by atoms with Gasteiger partial charge >= 0.3 is 0 Å². The number of pyridine rings is 1. The maximum atomic E-state index is 5.78. The molecule has 3 atom stereocenters. The summed E-state index contributed by atoms with van der Waals surface area (Å²) in [6.07, 6.45) is 4.25. The molecule has 1 saturated carbocycles. The van der Waals surface area contributed by atoms with E-state index in [1.165, 1.54) is 0 Å². The molecule has 5 heteroatoms. The first-order chi connectivity index (χ1) is 7.20. The summed E-state index contributed by atoms with van der Waals surface area (Å²) < 4.78 is 11.8. The first kappa shape index (κ1) is 10.9. The van der Waals surface area contributed by atoms with Crippen LogP contribution in [-0.2, 0) is 4.74 Å². The van der Waals surface area contributed by atoms with Crippen molar-refractivity contribution in [2.75, 3.05) is 7.11 Å². The maximum absolute atomic E-state index is 5.78. The second-order valence-corrected chi connectivity index (χ2v) is 4.51. The van der Waals surface area contributed by atoms with E-state index in [1.807, 2.05) is 6.07 Å². The molecule has 0 spiro atoms. The van der Waals surface area contributed by atoms with Gasteiger partial charge in [0.1, 0.15) is 18.0 Å². The molecule has 0 radical (unpaired) electrons. The maximum Gasteiger partial charge on any atom is 0.139 e. The second kappa shape index (κ2) is 4.47. The average molecular weight is 273 g/mol. The summed E-state index contributed by atoms with van der Waals surface area (Å²) in [5.41, 5.74) is 5.78. The third-order valence-electron chi connectivity index (χ3n) is 2.53. The Bertz CT molecular complexity index is 348. The fourth-order valence-corrected chi connectivity index (χ4v) is 2.03. The lowest BCUT2D eigenvalue weighted by atomic mass is 9.86. The van der Waals surface area contributed by atoms with E-state index in [0.29, 0.717) is 0 Å². The molecule has 0 aromatic carbocycles. The van der Waals surface area contributed by atoms with E-state index in [0.717, 1.165) is 16.6 Å². The molecule has 1 heterocycles. The van der Waals surface area contributed by atoms with Gasteiger partial charge in [0.25, 0.3) is 0 Å². The quantitative estimate of drug-likeness (QED) is 0.902. The zero-order chi connectivity index (χ0) is 10.8. The lowest BCUT2D eigenvalue weighted by Crippen LogP contribution is -2.59. The normalized spacial score (nSPS) is 29.7. The molecule has 0 amide bonds. The van der Waals surface area contributed by atoms with E-state index >= 15 is 0 Å². The van der Waals surface area contributed by atoms with Gasteiger partial charge in [0.15, 0.2) is 0 Å². The lowest BCUT2D eigenvalue weighted by molar-refractivity contribution is -0.0783. The van der Waals surface area contributed by atoms with Gasteiger partial charge in [-0.05, 0) is 22.0 Å². The van der Waals surface area contributed by atoms with E-state index in [9.17, 15) is 0 Å². The Morgan fingerprint density at radius 2 is 2.33 bits per heavy atom. The number of aromatic nitrogens is 1. The van der Waals surface area contributed by atoms with Crippen LogP contribution in [0.5, 0.6) is 5.75 Å². The molecule has 2 N–H and O–H groups in total. The van der Waals surface area contributed by atoms with E-state index in [1.54, 1.807) is 19.5 Å². The largest absolute Gasteiger partial charge is 0.486 e. The van der Waals surface area contributed by atoms with Crippen molar-refractivity contribution < 1.29 is 9.47 Å². The Balaban J connectivity index is 1.98. The van der Waals surface area contributed by atoms with Crippen LogP contribution in [0.2, 0.25) is 0 Å². The first-order valence-corrected chi connectivity index (χ1v) is 5.55. The van der Waals surface area contributed by atoms with Gasteiger partial charge in [0.05, 0.1) is 6.20 Å². The molecular formula is C10H13BrN2O2. The van der Waals surface area contributed by atoms with E-state index < -0.39 is 0 Å².